The van der Waals surface area contributed by atoms with Crippen molar-refractivity contribution in [3.8, 4) is 0 Å². The smallest absolute Gasteiger partial charge is 0.308 e. The summed E-state index contributed by atoms with van der Waals surface area (Å²) >= 11 is 0. The van der Waals surface area contributed by atoms with E-state index >= 15 is 0 Å². The normalized spacial score (nSPS) is 18.2. The van der Waals surface area contributed by atoms with Gasteiger partial charge in [0.25, 0.3) is 5.91 Å². The average Bonchev–Trinajstić information content (AvgIpc) is 3.14. The Kier molecular flexibility index (Phi) is 5.88. The number of ether oxygens (including phenoxy) is 1. The molecule has 1 N–H and O–H groups in total. The van der Waals surface area contributed by atoms with Crippen molar-refractivity contribution in [1.82, 2.24) is 4.90 Å². The van der Waals surface area contributed by atoms with Gasteiger partial charge in [-0.2, -0.15) is 5.10 Å². The number of amides is 1. The number of hydrogen-bond acceptors (Lipinski definition) is 6. The zero-order chi connectivity index (χ0) is 21.1. The quantitative estimate of drug-likeness (QED) is 0.614. The van der Waals surface area contributed by atoms with Crippen LogP contribution in [-0.2, 0) is 16.0 Å². The van der Waals surface area contributed by atoms with Crippen molar-refractivity contribution in [3.63, 3.8) is 0 Å². The molecule has 2 aliphatic rings. The van der Waals surface area contributed by atoms with E-state index in [9.17, 15) is 9.59 Å². The topological polar surface area (TPSA) is 84.1 Å². The predicted octanol–water partition coefficient (Wildman–Crippen LogP) is 3.77. The van der Waals surface area contributed by atoms with E-state index in [0.717, 1.165) is 47.5 Å². The molecule has 7 heteroatoms. The molecule has 0 radical (unpaired) electrons. The van der Waals surface area contributed by atoms with E-state index in [4.69, 9.17) is 9.15 Å². The van der Waals surface area contributed by atoms with Crippen LogP contribution in [0.2, 0.25) is 0 Å². The number of esters is 1. The fourth-order valence-electron chi connectivity index (χ4n) is 4.26. The van der Waals surface area contributed by atoms with Gasteiger partial charge in [0.1, 0.15) is 5.76 Å². The minimum Gasteiger partial charge on any atom is -0.469 e. The van der Waals surface area contributed by atoms with E-state index in [1.165, 1.54) is 7.11 Å². The van der Waals surface area contributed by atoms with E-state index in [1.807, 2.05) is 37.3 Å². The van der Waals surface area contributed by atoms with E-state index in [0.29, 0.717) is 31.7 Å². The van der Waals surface area contributed by atoms with Crippen LogP contribution in [0.3, 0.4) is 0 Å². The van der Waals surface area contributed by atoms with Gasteiger partial charge in [0.05, 0.1) is 24.4 Å². The number of hydrogen-bond donors (Lipinski definition) is 1. The molecule has 1 amide bonds. The number of likely N-dealkylation sites (tertiary alicyclic amines) is 1. The van der Waals surface area contributed by atoms with Gasteiger partial charge in [0, 0.05) is 30.6 Å². The van der Waals surface area contributed by atoms with E-state index < -0.39 is 0 Å². The summed E-state index contributed by atoms with van der Waals surface area (Å²) in [6.07, 6.45) is 3.81. The minimum absolute atomic E-state index is 0.111. The molecule has 1 aliphatic carbocycles. The van der Waals surface area contributed by atoms with Crippen molar-refractivity contribution in [2.24, 2.45) is 11.0 Å². The molecule has 0 unspecified atom stereocenters. The summed E-state index contributed by atoms with van der Waals surface area (Å²) in [5.74, 6) is 0.790. The van der Waals surface area contributed by atoms with Crippen LogP contribution in [0.5, 0.6) is 0 Å². The van der Waals surface area contributed by atoms with Gasteiger partial charge in [-0.3, -0.25) is 15.0 Å². The van der Waals surface area contributed by atoms with Gasteiger partial charge in [0.2, 0.25) is 0 Å². The molecule has 2 heterocycles. The summed E-state index contributed by atoms with van der Waals surface area (Å²) in [6, 6.07) is 9.80. The lowest BCUT2D eigenvalue weighted by Gasteiger charge is -2.30. The summed E-state index contributed by atoms with van der Waals surface area (Å²) < 4.78 is 10.9. The second-order valence-corrected chi connectivity index (χ2v) is 7.83. The Balaban J connectivity index is 1.52. The van der Waals surface area contributed by atoms with Crippen LogP contribution in [0.4, 0.5) is 5.69 Å². The number of carbonyl (C=O) groups excluding carboxylic acids is 2. The molecular formula is C23H27N3O4. The number of piperidine rings is 1. The minimum atomic E-state index is -0.196. The van der Waals surface area contributed by atoms with Crippen molar-refractivity contribution in [2.45, 2.75) is 39.0 Å². The predicted molar refractivity (Wildman–Crippen MR) is 114 cm³/mol. The van der Waals surface area contributed by atoms with Gasteiger partial charge in [-0.25, -0.2) is 0 Å². The third-order valence-electron chi connectivity index (χ3n) is 5.93. The van der Waals surface area contributed by atoms with Crippen LogP contribution in [0, 0.1) is 12.8 Å². The van der Waals surface area contributed by atoms with Crippen LogP contribution < -0.4 is 5.43 Å². The lowest BCUT2D eigenvalue weighted by atomic mass is 9.93. The fourth-order valence-corrected chi connectivity index (χ4v) is 4.26. The van der Waals surface area contributed by atoms with Crippen molar-refractivity contribution in [1.29, 1.82) is 0 Å². The molecule has 1 aromatic heterocycles. The molecule has 30 heavy (non-hydrogen) atoms. The zero-order valence-corrected chi connectivity index (χ0v) is 17.4. The summed E-state index contributed by atoms with van der Waals surface area (Å²) in [5.41, 5.74) is 6.75. The highest BCUT2D eigenvalue weighted by Gasteiger charge is 2.33. The number of benzene rings is 1. The standard InChI is InChI=1S/C23H27N3O4/c1-15-20-18(25-24-17-7-4-3-5-8-17)9-6-10-19(20)30-21(15)22(27)26-13-11-16(12-14-26)23(28)29-2/h3-5,7-8,16,24H,6,9-14H2,1-2H3/b25-18+. The number of nitrogens with zero attached hydrogens (tertiary/aromatic N) is 2. The molecule has 1 saturated heterocycles. The number of furan rings is 1. The first-order valence-electron chi connectivity index (χ1n) is 10.5. The highest BCUT2D eigenvalue weighted by molar-refractivity contribution is 6.06. The highest BCUT2D eigenvalue weighted by atomic mass is 16.5. The molecule has 0 saturated carbocycles. The number of methoxy groups -OCH3 is 1. The number of anilines is 1. The maximum Gasteiger partial charge on any atom is 0.308 e. The number of para-hydroxylation sites is 1. The van der Waals surface area contributed by atoms with Gasteiger partial charge < -0.3 is 14.1 Å². The summed E-state index contributed by atoms with van der Waals surface area (Å²) in [6.45, 7) is 2.99. The maximum absolute atomic E-state index is 13.1. The van der Waals surface area contributed by atoms with Gasteiger partial charge in [-0.05, 0) is 44.7 Å². The Labute approximate surface area is 176 Å². The van der Waals surface area contributed by atoms with Crippen LogP contribution in [0.1, 0.15) is 53.1 Å². The Bertz CT molecular complexity index is 956. The van der Waals surface area contributed by atoms with Crippen LogP contribution in [0.25, 0.3) is 0 Å². The SMILES string of the molecule is COC(=O)C1CCN(C(=O)c2oc3c(c2C)/C(=N/Nc2ccccc2)CCC3)CC1. The molecule has 4 rings (SSSR count). The Morgan fingerprint density at radius 1 is 1.17 bits per heavy atom. The lowest BCUT2D eigenvalue weighted by Crippen LogP contribution is -2.40. The van der Waals surface area contributed by atoms with E-state index in [-0.39, 0.29) is 17.8 Å². The van der Waals surface area contributed by atoms with Gasteiger partial charge in [-0.1, -0.05) is 18.2 Å². The Morgan fingerprint density at radius 2 is 1.90 bits per heavy atom. The van der Waals surface area contributed by atoms with Crippen molar-refractivity contribution >= 4 is 23.3 Å². The maximum atomic E-state index is 13.1. The number of nitrogens with one attached hydrogen (secondary N) is 1. The highest BCUT2D eigenvalue weighted by Crippen LogP contribution is 2.31. The number of carbonyl (C=O) groups is 2. The first-order valence-corrected chi connectivity index (χ1v) is 10.5. The van der Waals surface area contributed by atoms with Crippen LogP contribution in [-0.4, -0.2) is 42.7 Å². The first kappa shape index (κ1) is 20.2. The molecule has 2 aromatic rings. The third kappa shape index (κ3) is 3.97. The molecular weight excluding hydrogens is 382 g/mol. The Hall–Kier alpha value is -3.09. The fraction of sp³-hybridized carbons (Fsp3) is 0.435. The first-order chi connectivity index (χ1) is 14.6. The molecule has 158 valence electrons. The van der Waals surface area contributed by atoms with Crippen LogP contribution >= 0.6 is 0 Å². The monoisotopic (exact) mass is 409 g/mol. The summed E-state index contributed by atoms with van der Waals surface area (Å²) in [7, 11) is 1.41. The van der Waals surface area contributed by atoms with E-state index in [1.54, 1.807) is 4.90 Å². The summed E-state index contributed by atoms with van der Waals surface area (Å²) in [4.78, 5) is 26.6. The van der Waals surface area contributed by atoms with Gasteiger partial charge in [-0.15, -0.1) is 0 Å². The second-order valence-electron chi connectivity index (χ2n) is 7.83. The van der Waals surface area contributed by atoms with Gasteiger partial charge in [0.15, 0.2) is 5.76 Å². The molecule has 0 atom stereocenters. The second kappa shape index (κ2) is 8.73. The number of rotatable bonds is 4. The number of hydrazone groups is 1. The molecule has 7 nitrogen and oxygen atoms in total. The summed E-state index contributed by atoms with van der Waals surface area (Å²) in [5, 5.41) is 4.61. The molecule has 0 bridgehead atoms. The third-order valence-corrected chi connectivity index (χ3v) is 5.93. The van der Waals surface area contributed by atoms with Crippen molar-refractivity contribution in [2.75, 3.05) is 25.6 Å². The molecule has 1 aliphatic heterocycles. The van der Waals surface area contributed by atoms with Crippen molar-refractivity contribution < 1.29 is 18.7 Å². The van der Waals surface area contributed by atoms with Crippen LogP contribution in [0.15, 0.2) is 39.9 Å². The van der Waals surface area contributed by atoms with Gasteiger partial charge >= 0.3 is 5.97 Å². The number of fused-ring (bicyclic) bond motifs is 1. The van der Waals surface area contributed by atoms with Crippen molar-refractivity contribution in [3.05, 3.63) is 53.0 Å². The average molecular weight is 409 g/mol. The molecule has 1 fully saturated rings. The Morgan fingerprint density at radius 3 is 2.60 bits per heavy atom. The zero-order valence-electron chi connectivity index (χ0n) is 17.4. The van der Waals surface area contributed by atoms with E-state index in [2.05, 4.69) is 10.5 Å². The molecule has 1 aromatic carbocycles. The largest absolute Gasteiger partial charge is 0.469 e. The number of aryl methyl sites for hydroxylation is 1. The lowest BCUT2D eigenvalue weighted by molar-refractivity contribution is -0.146. The molecule has 0 spiro atoms.